The molecule has 0 atom stereocenters. The molecule has 1 heterocycles. The molecule has 26 heavy (non-hydrogen) atoms. The number of anilines is 1. The van der Waals surface area contributed by atoms with Gasteiger partial charge in [-0.2, -0.15) is 0 Å². The summed E-state index contributed by atoms with van der Waals surface area (Å²) >= 11 is 0. The Labute approximate surface area is 152 Å². The Hall–Kier alpha value is -2.49. The standard InChI is InChI=1S/C17H25N5O4/c1-19-4-2-3-5-20-16-14(12-21-6-8-26-9-7-21)10-13(17(18)23)11-15(16)22(24)25/h2-3,10-11,19-20H,4-9,12H2,1H3,(H2,18,23)/b3-2+. The van der Waals surface area contributed by atoms with Gasteiger partial charge in [-0.05, 0) is 18.7 Å². The number of ether oxygens (including phenoxy) is 1. The molecule has 0 spiro atoms. The van der Waals surface area contributed by atoms with E-state index < -0.39 is 10.8 Å². The summed E-state index contributed by atoms with van der Waals surface area (Å²) in [6.07, 6.45) is 3.82. The first kappa shape index (κ1) is 19.8. The number of nitro groups is 1. The van der Waals surface area contributed by atoms with Crippen molar-refractivity contribution in [1.29, 1.82) is 0 Å². The van der Waals surface area contributed by atoms with Gasteiger partial charge in [-0.3, -0.25) is 19.8 Å². The number of likely N-dealkylation sites (N-methyl/N-ethyl adjacent to an activating group) is 1. The van der Waals surface area contributed by atoms with Crippen LogP contribution in [0.15, 0.2) is 24.3 Å². The smallest absolute Gasteiger partial charge is 0.293 e. The van der Waals surface area contributed by atoms with Gasteiger partial charge in [0.1, 0.15) is 5.69 Å². The van der Waals surface area contributed by atoms with Gasteiger partial charge in [0.15, 0.2) is 0 Å². The molecule has 0 aliphatic carbocycles. The average Bonchev–Trinajstić information content (AvgIpc) is 2.62. The van der Waals surface area contributed by atoms with Crippen molar-refractivity contribution in [2.45, 2.75) is 6.54 Å². The van der Waals surface area contributed by atoms with Crippen LogP contribution in [0.3, 0.4) is 0 Å². The van der Waals surface area contributed by atoms with Gasteiger partial charge in [0.25, 0.3) is 5.69 Å². The van der Waals surface area contributed by atoms with E-state index in [1.807, 2.05) is 19.2 Å². The lowest BCUT2D eigenvalue weighted by Gasteiger charge is -2.27. The lowest BCUT2D eigenvalue weighted by molar-refractivity contribution is -0.384. The number of rotatable bonds is 9. The zero-order valence-corrected chi connectivity index (χ0v) is 14.9. The minimum atomic E-state index is -0.684. The van der Waals surface area contributed by atoms with Gasteiger partial charge in [-0.1, -0.05) is 12.2 Å². The molecule has 9 nitrogen and oxygen atoms in total. The van der Waals surface area contributed by atoms with Crippen LogP contribution >= 0.6 is 0 Å². The van der Waals surface area contributed by atoms with Gasteiger partial charge < -0.3 is 21.1 Å². The maximum Gasteiger partial charge on any atom is 0.293 e. The molecular weight excluding hydrogens is 338 g/mol. The van der Waals surface area contributed by atoms with Crippen molar-refractivity contribution >= 4 is 17.3 Å². The number of nitro benzene ring substituents is 1. The van der Waals surface area contributed by atoms with E-state index in [0.717, 1.165) is 13.1 Å². The highest BCUT2D eigenvalue weighted by molar-refractivity contribution is 5.95. The van der Waals surface area contributed by atoms with E-state index in [0.29, 0.717) is 44.1 Å². The molecule has 0 bridgehead atoms. The lowest BCUT2D eigenvalue weighted by Crippen LogP contribution is -2.36. The fraction of sp³-hybridized carbons (Fsp3) is 0.471. The molecule has 1 saturated heterocycles. The fourth-order valence-corrected chi connectivity index (χ4v) is 2.75. The third-order valence-corrected chi connectivity index (χ3v) is 4.06. The molecule has 0 unspecified atom stereocenters. The van der Waals surface area contributed by atoms with E-state index in [-0.39, 0.29) is 11.3 Å². The molecule has 0 aromatic heterocycles. The minimum Gasteiger partial charge on any atom is -0.379 e. The number of primary amides is 1. The third-order valence-electron chi connectivity index (χ3n) is 4.06. The summed E-state index contributed by atoms with van der Waals surface area (Å²) in [4.78, 5) is 24.8. The molecule has 0 radical (unpaired) electrons. The molecule has 9 heteroatoms. The summed E-state index contributed by atoms with van der Waals surface area (Å²) in [5.74, 6) is -0.684. The predicted octanol–water partition coefficient (Wildman–Crippen LogP) is 0.713. The molecule has 1 amide bonds. The average molecular weight is 363 g/mol. The largest absolute Gasteiger partial charge is 0.379 e. The second kappa shape index (κ2) is 9.85. The zero-order chi connectivity index (χ0) is 18.9. The van der Waals surface area contributed by atoms with E-state index >= 15 is 0 Å². The Balaban J connectivity index is 2.32. The first-order valence-corrected chi connectivity index (χ1v) is 8.47. The molecule has 2 rings (SSSR count). The summed E-state index contributed by atoms with van der Waals surface area (Å²) < 4.78 is 5.34. The van der Waals surface area contributed by atoms with Gasteiger partial charge in [-0.15, -0.1) is 0 Å². The maximum absolute atomic E-state index is 11.6. The number of hydrogen-bond acceptors (Lipinski definition) is 7. The Morgan fingerprint density at radius 3 is 2.65 bits per heavy atom. The normalized spacial score (nSPS) is 15.3. The number of morpholine rings is 1. The predicted molar refractivity (Wildman–Crippen MR) is 99.3 cm³/mol. The van der Waals surface area contributed by atoms with Crippen LogP contribution in [0.2, 0.25) is 0 Å². The minimum absolute atomic E-state index is 0.135. The Bertz CT molecular complexity index is 671. The van der Waals surface area contributed by atoms with E-state index in [1.165, 1.54) is 6.07 Å². The monoisotopic (exact) mass is 363 g/mol. The second-order valence-electron chi connectivity index (χ2n) is 5.95. The number of nitrogens with one attached hydrogen (secondary N) is 2. The Morgan fingerprint density at radius 1 is 1.35 bits per heavy atom. The van der Waals surface area contributed by atoms with Crippen LogP contribution in [-0.2, 0) is 11.3 Å². The number of nitrogens with two attached hydrogens (primary N) is 1. The van der Waals surface area contributed by atoms with Gasteiger partial charge >= 0.3 is 0 Å². The van der Waals surface area contributed by atoms with Gasteiger partial charge in [0.2, 0.25) is 5.91 Å². The summed E-state index contributed by atoms with van der Waals surface area (Å²) in [5, 5.41) is 17.6. The van der Waals surface area contributed by atoms with Crippen LogP contribution in [0.4, 0.5) is 11.4 Å². The number of carbonyl (C=O) groups excluding carboxylic acids is 1. The highest BCUT2D eigenvalue weighted by Crippen LogP contribution is 2.31. The molecule has 1 aliphatic rings. The molecular formula is C17H25N5O4. The van der Waals surface area contributed by atoms with Crippen LogP contribution in [0.5, 0.6) is 0 Å². The first-order valence-electron chi connectivity index (χ1n) is 8.47. The highest BCUT2D eigenvalue weighted by atomic mass is 16.6. The fourth-order valence-electron chi connectivity index (χ4n) is 2.75. The third kappa shape index (κ3) is 5.51. The number of carbonyl (C=O) groups is 1. The van der Waals surface area contributed by atoms with Gasteiger partial charge in [-0.25, -0.2) is 0 Å². The SMILES string of the molecule is CNC/C=C/CNc1c(CN2CCOCC2)cc(C(N)=O)cc1[N+](=O)[O-]. The van der Waals surface area contributed by atoms with Crippen molar-refractivity contribution in [3.63, 3.8) is 0 Å². The van der Waals surface area contributed by atoms with Gasteiger partial charge in [0, 0.05) is 44.4 Å². The molecule has 142 valence electrons. The van der Waals surface area contributed by atoms with Crippen LogP contribution in [0, 0.1) is 10.1 Å². The van der Waals surface area contributed by atoms with E-state index in [4.69, 9.17) is 10.5 Å². The topological polar surface area (TPSA) is 123 Å². The summed E-state index contributed by atoms with van der Waals surface area (Å²) in [5.41, 5.74) is 6.44. The summed E-state index contributed by atoms with van der Waals surface area (Å²) in [6, 6.07) is 2.86. The molecule has 1 aromatic rings. The molecule has 1 fully saturated rings. The quantitative estimate of drug-likeness (QED) is 0.335. The number of benzene rings is 1. The Kier molecular flexibility index (Phi) is 7.52. The van der Waals surface area contributed by atoms with Crippen molar-refractivity contribution in [2.24, 2.45) is 5.73 Å². The van der Waals surface area contributed by atoms with Crippen LogP contribution < -0.4 is 16.4 Å². The lowest BCUT2D eigenvalue weighted by atomic mass is 10.0. The van der Waals surface area contributed by atoms with Crippen LogP contribution in [-0.4, -0.2) is 62.2 Å². The van der Waals surface area contributed by atoms with Crippen molar-refractivity contribution < 1.29 is 14.5 Å². The summed E-state index contributed by atoms with van der Waals surface area (Å²) in [7, 11) is 1.84. The first-order chi connectivity index (χ1) is 12.5. The van der Waals surface area contributed by atoms with Crippen molar-refractivity contribution in [2.75, 3.05) is 51.8 Å². The van der Waals surface area contributed by atoms with E-state index in [2.05, 4.69) is 15.5 Å². The number of hydrogen-bond donors (Lipinski definition) is 3. The van der Waals surface area contributed by atoms with Crippen molar-refractivity contribution in [3.8, 4) is 0 Å². The number of nitrogens with zero attached hydrogens (tertiary/aromatic N) is 2. The summed E-state index contributed by atoms with van der Waals surface area (Å²) in [6.45, 7) is 4.33. The zero-order valence-electron chi connectivity index (χ0n) is 14.9. The van der Waals surface area contributed by atoms with Gasteiger partial charge in [0.05, 0.1) is 18.1 Å². The Morgan fingerprint density at radius 2 is 2.04 bits per heavy atom. The molecule has 1 aromatic carbocycles. The molecule has 1 aliphatic heterocycles. The highest BCUT2D eigenvalue weighted by Gasteiger charge is 2.23. The number of amides is 1. The van der Waals surface area contributed by atoms with Crippen LogP contribution in [0.1, 0.15) is 15.9 Å². The van der Waals surface area contributed by atoms with Crippen molar-refractivity contribution in [3.05, 3.63) is 45.5 Å². The molecule has 0 saturated carbocycles. The van der Waals surface area contributed by atoms with E-state index in [1.54, 1.807) is 6.07 Å². The van der Waals surface area contributed by atoms with E-state index in [9.17, 15) is 14.9 Å². The van der Waals surface area contributed by atoms with Crippen molar-refractivity contribution in [1.82, 2.24) is 10.2 Å². The maximum atomic E-state index is 11.6. The second-order valence-corrected chi connectivity index (χ2v) is 5.95. The molecule has 4 N–H and O–H groups in total. The van der Waals surface area contributed by atoms with Crippen LogP contribution in [0.25, 0.3) is 0 Å².